The highest BCUT2D eigenvalue weighted by atomic mass is 17.1. The Balaban J connectivity index is 4.90. The minimum Gasteiger partial charge on any atom is -0.300 e. The van der Waals surface area contributed by atoms with Crippen molar-refractivity contribution in [1.82, 2.24) is 0 Å². The Hall–Kier alpha value is -1.14. The van der Waals surface area contributed by atoms with E-state index in [1.807, 2.05) is 0 Å². The van der Waals surface area contributed by atoms with Crippen LogP contribution in [0.3, 0.4) is 0 Å². The highest BCUT2D eigenvalue weighted by molar-refractivity contribution is 5.99. The second kappa shape index (κ2) is 4.78. The van der Waals surface area contributed by atoms with E-state index in [9.17, 15) is 9.59 Å². The molecule has 0 aliphatic carbocycles. The molecular formula is C7H12O6. The van der Waals surface area contributed by atoms with Crippen LogP contribution in [0.5, 0.6) is 0 Å². The van der Waals surface area contributed by atoms with Gasteiger partial charge in [0, 0.05) is 0 Å². The van der Waals surface area contributed by atoms with E-state index in [0.29, 0.717) is 0 Å². The first-order chi connectivity index (χ1) is 6.08. The molecule has 0 aliphatic heterocycles. The second-order valence-electron chi connectivity index (χ2n) is 2.55. The second-order valence-corrected chi connectivity index (χ2v) is 2.55. The monoisotopic (exact) mass is 192 g/mol. The summed E-state index contributed by atoms with van der Waals surface area (Å²) in [7, 11) is 0. The molecule has 0 saturated heterocycles. The van der Waals surface area contributed by atoms with Crippen molar-refractivity contribution in [2.75, 3.05) is 0 Å². The molecule has 0 aromatic rings. The van der Waals surface area contributed by atoms with Gasteiger partial charge in [-0.3, -0.25) is 9.78 Å². The first kappa shape index (κ1) is 11.9. The van der Waals surface area contributed by atoms with Gasteiger partial charge < -0.3 is 0 Å². The molecule has 0 bridgehead atoms. The first-order valence-electron chi connectivity index (χ1n) is 3.80. The van der Waals surface area contributed by atoms with Gasteiger partial charge in [-0.05, 0) is 12.8 Å². The molecule has 0 saturated carbocycles. The Morgan fingerprint density at radius 3 is 1.54 bits per heavy atom. The van der Waals surface area contributed by atoms with E-state index in [0.717, 1.165) is 0 Å². The molecular weight excluding hydrogens is 180 g/mol. The Morgan fingerprint density at radius 1 is 1.08 bits per heavy atom. The predicted octanol–water partition coefficient (Wildman–Crippen LogP) is 0.825. The predicted molar refractivity (Wildman–Crippen MR) is 40.5 cm³/mol. The summed E-state index contributed by atoms with van der Waals surface area (Å²) in [6.45, 7) is 3.08. The fourth-order valence-electron chi connectivity index (χ4n) is 1.09. The van der Waals surface area contributed by atoms with E-state index in [1.165, 1.54) is 13.8 Å². The van der Waals surface area contributed by atoms with Crippen molar-refractivity contribution < 1.29 is 29.9 Å². The van der Waals surface area contributed by atoms with Crippen molar-refractivity contribution >= 4 is 11.9 Å². The van der Waals surface area contributed by atoms with Gasteiger partial charge in [-0.2, -0.15) is 10.5 Å². The van der Waals surface area contributed by atoms with Crippen LogP contribution in [0.25, 0.3) is 0 Å². The summed E-state index contributed by atoms with van der Waals surface area (Å²) in [6, 6.07) is 0. The van der Waals surface area contributed by atoms with Gasteiger partial charge in [0.25, 0.3) is 0 Å². The smallest absolute Gasteiger partial charge is 0.300 e. The van der Waals surface area contributed by atoms with Gasteiger partial charge in [0.05, 0.1) is 0 Å². The summed E-state index contributed by atoms with van der Waals surface area (Å²) >= 11 is 0. The molecule has 6 heteroatoms. The third-order valence-corrected chi connectivity index (χ3v) is 2.15. The van der Waals surface area contributed by atoms with Crippen LogP contribution in [0.15, 0.2) is 0 Å². The molecule has 0 aliphatic rings. The molecule has 0 rings (SSSR count). The summed E-state index contributed by atoms with van der Waals surface area (Å²) in [5.41, 5.74) is -1.62. The Labute approximate surface area is 74.9 Å². The quantitative estimate of drug-likeness (QED) is 0.389. The zero-order valence-corrected chi connectivity index (χ0v) is 7.44. The van der Waals surface area contributed by atoms with E-state index in [4.69, 9.17) is 10.5 Å². The van der Waals surface area contributed by atoms with Crippen molar-refractivity contribution in [3.05, 3.63) is 0 Å². The van der Waals surface area contributed by atoms with Crippen LogP contribution >= 0.6 is 0 Å². The van der Waals surface area contributed by atoms with E-state index >= 15 is 0 Å². The van der Waals surface area contributed by atoms with Crippen LogP contribution in [-0.2, 0) is 19.4 Å². The van der Waals surface area contributed by atoms with Crippen molar-refractivity contribution in [2.45, 2.75) is 26.7 Å². The van der Waals surface area contributed by atoms with Crippen LogP contribution in [-0.4, -0.2) is 22.5 Å². The zero-order chi connectivity index (χ0) is 10.5. The minimum atomic E-state index is -1.62. The summed E-state index contributed by atoms with van der Waals surface area (Å²) in [5.74, 6) is -2.26. The van der Waals surface area contributed by atoms with Gasteiger partial charge in [-0.15, -0.1) is 0 Å². The maximum absolute atomic E-state index is 11.0. The SMILES string of the molecule is CCC(CC)(C(=O)OO)C(=O)OO. The molecule has 0 aromatic carbocycles. The molecule has 2 N–H and O–H groups in total. The lowest BCUT2D eigenvalue weighted by molar-refractivity contribution is -0.264. The van der Waals surface area contributed by atoms with Crippen LogP contribution in [0.1, 0.15) is 26.7 Å². The summed E-state index contributed by atoms with van der Waals surface area (Å²) in [5, 5.41) is 16.3. The lowest BCUT2D eigenvalue weighted by Gasteiger charge is -2.22. The standard InChI is InChI=1S/C7H12O6/c1-3-7(4-2,5(8)12-10)6(9)13-11/h10-11H,3-4H2,1-2H3. The molecule has 0 radical (unpaired) electrons. The molecule has 13 heavy (non-hydrogen) atoms. The Morgan fingerprint density at radius 2 is 1.38 bits per heavy atom. The molecule has 6 nitrogen and oxygen atoms in total. The lowest BCUT2D eigenvalue weighted by atomic mass is 9.83. The number of hydrogen-bond donors (Lipinski definition) is 2. The van der Waals surface area contributed by atoms with Gasteiger partial charge in [0.1, 0.15) is 0 Å². The fraction of sp³-hybridized carbons (Fsp3) is 0.714. The van der Waals surface area contributed by atoms with Crippen molar-refractivity contribution in [3.63, 3.8) is 0 Å². The molecule has 76 valence electrons. The molecule has 0 spiro atoms. The Bertz CT molecular complexity index is 177. The third kappa shape index (κ3) is 1.96. The van der Waals surface area contributed by atoms with Gasteiger partial charge in [-0.1, -0.05) is 13.8 Å². The van der Waals surface area contributed by atoms with Crippen LogP contribution in [0.2, 0.25) is 0 Å². The van der Waals surface area contributed by atoms with E-state index in [-0.39, 0.29) is 12.8 Å². The number of rotatable bonds is 4. The maximum Gasteiger partial charge on any atom is 0.359 e. The molecule has 0 heterocycles. The van der Waals surface area contributed by atoms with Crippen LogP contribution in [0.4, 0.5) is 0 Å². The molecule has 0 amide bonds. The summed E-state index contributed by atoms with van der Waals surface area (Å²) < 4.78 is 0. The average molecular weight is 192 g/mol. The maximum atomic E-state index is 11.0. The fourth-order valence-corrected chi connectivity index (χ4v) is 1.09. The minimum absolute atomic E-state index is 0.0717. The summed E-state index contributed by atoms with van der Waals surface area (Å²) in [4.78, 5) is 29.0. The zero-order valence-electron chi connectivity index (χ0n) is 7.44. The number of hydrogen-bond acceptors (Lipinski definition) is 6. The van der Waals surface area contributed by atoms with Crippen molar-refractivity contribution in [3.8, 4) is 0 Å². The molecule has 0 fully saturated rings. The van der Waals surface area contributed by atoms with Gasteiger partial charge >= 0.3 is 11.9 Å². The van der Waals surface area contributed by atoms with Crippen molar-refractivity contribution in [1.29, 1.82) is 0 Å². The highest BCUT2D eigenvalue weighted by Gasteiger charge is 2.47. The van der Waals surface area contributed by atoms with Crippen LogP contribution < -0.4 is 0 Å². The molecule has 0 atom stereocenters. The van der Waals surface area contributed by atoms with E-state index in [1.54, 1.807) is 0 Å². The van der Waals surface area contributed by atoms with Gasteiger partial charge in [0.15, 0.2) is 5.41 Å². The normalized spacial score (nSPS) is 10.8. The first-order valence-corrected chi connectivity index (χ1v) is 3.80. The molecule has 0 aromatic heterocycles. The van der Waals surface area contributed by atoms with Gasteiger partial charge in [0.2, 0.25) is 0 Å². The third-order valence-electron chi connectivity index (χ3n) is 2.15. The summed E-state index contributed by atoms with van der Waals surface area (Å²) in [6.07, 6.45) is 0.143. The lowest BCUT2D eigenvalue weighted by Crippen LogP contribution is -2.40. The molecule has 0 unspecified atom stereocenters. The Kier molecular flexibility index (Phi) is 4.36. The highest BCUT2D eigenvalue weighted by Crippen LogP contribution is 2.29. The van der Waals surface area contributed by atoms with Crippen LogP contribution in [0, 0.1) is 5.41 Å². The van der Waals surface area contributed by atoms with E-state index in [2.05, 4.69) is 9.78 Å². The van der Waals surface area contributed by atoms with E-state index < -0.39 is 17.4 Å². The topological polar surface area (TPSA) is 93.1 Å². The van der Waals surface area contributed by atoms with Gasteiger partial charge in [-0.25, -0.2) is 9.59 Å². The van der Waals surface area contributed by atoms with Crippen molar-refractivity contribution in [2.24, 2.45) is 5.41 Å². The number of carbonyl (C=O) groups excluding carboxylic acids is 2. The average Bonchev–Trinajstić information content (AvgIpc) is 2.19. The largest absolute Gasteiger partial charge is 0.359 e. The number of carbonyl (C=O) groups is 2.